The summed E-state index contributed by atoms with van der Waals surface area (Å²) >= 11 is 1.30. The van der Waals surface area contributed by atoms with Crippen LogP contribution in [0.25, 0.3) is 17.2 Å². The van der Waals surface area contributed by atoms with E-state index in [1.165, 1.54) is 11.3 Å². The number of benzene rings is 2. The van der Waals surface area contributed by atoms with Crippen molar-refractivity contribution in [2.24, 2.45) is 0 Å². The molecule has 0 spiro atoms. The average Bonchev–Trinajstić information content (AvgIpc) is 3.14. The molecule has 0 saturated carbocycles. The van der Waals surface area contributed by atoms with Crippen molar-refractivity contribution in [2.45, 2.75) is 13.3 Å². The minimum Gasteiger partial charge on any atom is -0.296 e. The maximum atomic E-state index is 12.4. The third-order valence-electron chi connectivity index (χ3n) is 3.70. The lowest BCUT2D eigenvalue weighted by Gasteiger charge is -2.07. The Bertz CT molecular complexity index is 986. The molecule has 3 aromatic rings. The number of amides is 1. The molecule has 2 aromatic carbocycles. The lowest BCUT2D eigenvalue weighted by atomic mass is 9.98. The predicted molar refractivity (Wildman–Crippen MR) is 103 cm³/mol. The lowest BCUT2D eigenvalue weighted by molar-refractivity contribution is -0.112. The number of hydrogen-bond donors (Lipinski definition) is 1. The fourth-order valence-electron chi connectivity index (χ4n) is 2.42. The normalized spacial score (nSPS) is 11.0. The molecule has 0 aliphatic carbocycles. The Labute approximate surface area is 155 Å². The Hall–Kier alpha value is -3.30. The van der Waals surface area contributed by atoms with Crippen molar-refractivity contribution >= 4 is 28.5 Å². The van der Waals surface area contributed by atoms with E-state index in [4.69, 9.17) is 0 Å². The molecular formula is C20H16N4OS. The zero-order valence-corrected chi connectivity index (χ0v) is 15.0. The third-order valence-corrected chi connectivity index (χ3v) is 4.68. The van der Waals surface area contributed by atoms with Crippen molar-refractivity contribution in [1.29, 1.82) is 5.26 Å². The number of carbonyl (C=O) groups excluding carboxylic acids is 1. The van der Waals surface area contributed by atoms with Gasteiger partial charge in [-0.15, -0.1) is 10.2 Å². The number of aromatic nitrogens is 2. The molecule has 3 rings (SSSR count). The first-order valence-corrected chi connectivity index (χ1v) is 8.93. The fourth-order valence-corrected chi connectivity index (χ4v) is 3.09. The first kappa shape index (κ1) is 17.5. The van der Waals surface area contributed by atoms with Gasteiger partial charge < -0.3 is 0 Å². The van der Waals surface area contributed by atoms with Crippen molar-refractivity contribution in [3.63, 3.8) is 0 Å². The second-order valence-electron chi connectivity index (χ2n) is 5.43. The quantitative estimate of drug-likeness (QED) is 0.543. The zero-order valence-electron chi connectivity index (χ0n) is 14.1. The number of anilines is 1. The van der Waals surface area contributed by atoms with Gasteiger partial charge in [0.05, 0.1) is 0 Å². The Kier molecular flexibility index (Phi) is 5.52. The molecule has 26 heavy (non-hydrogen) atoms. The van der Waals surface area contributed by atoms with E-state index in [0.717, 1.165) is 28.1 Å². The molecule has 1 amide bonds. The van der Waals surface area contributed by atoms with Gasteiger partial charge >= 0.3 is 0 Å². The monoisotopic (exact) mass is 360 g/mol. The molecule has 0 fully saturated rings. The molecule has 6 heteroatoms. The lowest BCUT2D eigenvalue weighted by Crippen LogP contribution is -2.13. The Morgan fingerprint density at radius 1 is 1.15 bits per heavy atom. The largest absolute Gasteiger partial charge is 0.296 e. The van der Waals surface area contributed by atoms with Crippen LogP contribution in [0.15, 0.2) is 60.2 Å². The topological polar surface area (TPSA) is 78.7 Å². The number of aryl methyl sites for hydroxylation is 1. The zero-order chi connectivity index (χ0) is 18.4. The molecule has 0 bridgehead atoms. The summed E-state index contributed by atoms with van der Waals surface area (Å²) < 4.78 is 0. The van der Waals surface area contributed by atoms with Gasteiger partial charge in [-0.25, -0.2) is 0 Å². The summed E-state index contributed by atoms with van der Waals surface area (Å²) in [5.41, 5.74) is 2.80. The highest BCUT2D eigenvalue weighted by molar-refractivity contribution is 7.15. The van der Waals surface area contributed by atoms with Gasteiger partial charge in [-0.2, -0.15) is 5.26 Å². The molecule has 0 aliphatic rings. The van der Waals surface area contributed by atoms with Gasteiger partial charge in [-0.3, -0.25) is 10.1 Å². The van der Waals surface area contributed by atoms with Crippen LogP contribution < -0.4 is 5.32 Å². The average molecular weight is 360 g/mol. The fraction of sp³-hybridized carbons (Fsp3) is 0.100. The molecule has 128 valence electrons. The van der Waals surface area contributed by atoms with E-state index in [0.29, 0.717) is 5.13 Å². The summed E-state index contributed by atoms with van der Waals surface area (Å²) in [6.07, 6.45) is 2.35. The van der Waals surface area contributed by atoms with Crippen LogP contribution in [0.3, 0.4) is 0 Å². The van der Waals surface area contributed by atoms with E-state index in [1.54, 1.807) is 6.08 Å². The van der Waals surface area contributed by atoms with E-state index in [1.807, 2.05) is 67.6 Å². The summed E-state index contributed by atoms with van der Waals surface area (Å²) in [7, 11) is 0. The Morgan fingerprint density at radius 3 is 2.58 bits per heavy atom. The molecule has 5 nitrogen and oxygen atoms in total. The van der Waals surface area contributed by atoms with Crippen molar-refractivity contribution in [1.82, 2.24) is 10.2 Å². The second-order valence-corrected chi connectivity index (χ2v) is 6.49. The van der Waals surface area contributed by atoms with Gasteiger partial charge in [0.2, 0.25) is 5.13 Å². The minimum absolute atomic E-state index is 0.0154. The number of hydrogen-bond acceptors (Lipinski definition) is 5. The van der Waals surface area contributed by atoms with Crippen LogP contribution in [0.5, 0.6) is 0 Å². The summed E-state index contributed by atoms with van der Waals surface area (Å²) in [4.78, 5) is 12.4. The minimum atomic E-state index is -0.492. The first-order chi connectivity index (χ1) is 12.7. The molecule has 1 N–H and O–H groups in total. The molecule has 1 aromatic heterocycles. The highest BCUT2D eigenvalue weighted by Gasteiger charge is 2.13. The van der Waals surface area contributed by atoms with Crippen molar-refractivity contribution < 1.29 is 4.79 Å². The van der Waals surface area contributed by atoms with E-state index in [9.17, 15) is 10.1 Å². The predicted octanol–water partition coefficient (Wildman–Crippen LogP) is 4.31. The standard InChI is InChI=1S/C20H16N4OS/c1-2-18-23-24-20(26-18)22-19(25)16(13-21)12-15-10-6-7-11-17(15)14-8-4-3-5-9-14/h3-12H,2H2,1H3,(H,22,24,25). The second kappa shape index (κ2) is 8.19. The van der Waals surface area contributed by atoms with Crippen molar-refractivity contribution in [3.8, 4) is 17.2 Å². The molecule has 0 radical (unpaired) electrons. The third kappa shape index (κ3) is 4.02. The number of nitrogens with zero attached hydrogens (tertiary/aromatic N) is 3. The molecular weight excluding hydrogens is 344 g/mol. The molecule has 0 aliphatic heterocycles. The highest BCUT2D eigenvalue weighted by Crippen LogP contribution is 2.25. The SMILES string of the molecule is CCc1nnc(NC(=O)C(C#N)=Cc2ccccc2-c2ccccc2)s1. The van der Waals surface area contributed by atoms with E-state index < -0.39 is 5.91 Å². The van der Waals surface area contributed by atoms with Gasteiger partial charge in [0, 0.05) is 0 Å². The van der Waals surface area contributed by atoms with Gasteiger partial charge in [0.25, 0.3) is 5.91 Å². The van der Waals surface area contributed by atoms with Crippen LogP contribution in [0.1, 0.15) is 17.5 Å². The number of carbonyl (C=O) groups is 1. The van der Waals surface area contributed by atoms with Gasteiger partial charge in [-0.1, -0.05) is 72.9 Å². The first-order valence-electron chi connectivity index (χ1n) is 8.11. The number of nitrogens with one attached hydrogen (secondary N) is 1. The van der Waals surface area contributed by atoms with Crippen LogP contribution in [0, 0.1) is 11.3 Å². The summed E-state index contributed by atoms with van der Waals surface area (Å²) in [6, 6.07) is 19.5. The van der Waals surface area contributed by atoms with Crippen LogP contribution in [0.4, 0.5) is 5.13 Å². The van der Waals surface area contributed by atoms with E-state index in [-0.39, 0.29) is 5.57 Å². The van der Waals surface area contributed by atoms with Crippen LogP contribution in [-0.2, 0) is 11.2 Å². The van der Waals surface area contributed by atoms with Crippen molar-refractivity contribution in [3.05, 3.63) is 70.7 Å². The van der Waals surface area contributed by atoms with E-state index in [2.05, 4.69) is 15.5 Å². The molecule has 0 unspecified atom stereocenters. The molecule has 0 saturated heterocycles. The smallest absolute Gasteiger partial charge is 0.268 e. The molecule has 0 atom stereocenters. The Morgan fingerprint density at radius 2 is 1.88 bits per heavy atom. The van der Waals surface area contributed by atoms with Crippen LogP contribution >= 0.6 is 11.3 Å². The number of nitriles is 1. The summed E-state index contributed by atoms with van der Waals surface area (Å²) in [5, 5.41) is 21.2. The summed E-state index contributed by atoms with van der Waals surface area (Å²) in [6.45, 7) is 1.97. The Balaban J connectivity index is 1.90. The van der Waals surface area contributed by atoms with Crippen molar-refractivity contribution in [2.75, 3.05) is 5.32 Å². The van der Waals surface area contributed by atoms with Gasteiger partial charge in [0.1, 0.15) is 16.6 Å². The van der Waals surface area contributed by atoms with Crippen LogP contribution in [0.2, 0.25) is 0 Å². The number of rotatable bonds is 5. The summed E-state index contributed by atoms with van der Waals surface area (Å²) in [5.74, 6) is -0.492. The highest BCUT2D eigenvalue weighted by atomic mass is 32.1. The maximum Gasteiger partial charge on any atom is 0.268 e. The van der Waals surface area contributed by atoms with Crippen LogP contribution in [-0.4, -0.2) is 16.1 Å². The van der Waals surface area contributed by atoms with Gasteiger partial charge in [0.15, 0.2) is 0 Å². The maximum absolute atomic E-state index is 12.4. The van der Waals surface area contributed by atoms with E-state index >= 15 is 0 Å². The molecule has 1 heterocycles. The van der Waals surface area contributed by atoms with Gasteiger partial charge in [-0.05, 0) is 29.2 Å².